The van der Waals surface area contributed by atoms with Crippen LogP contribution in [0, 0.1) is 29.1 Å². The maximum atomic E-state index is 13.0. The molecule has 1 aromatic carbocycles. The molecule has 168 valence electrons. The van der Waals surface area contributed by atoms with Crippen molar-refractivity contribution in [1.29, 1.82) is 0 Å². The minimum Gasteiger partial charge on any atom is -0.493 e. The Hall–Kier alpha value is -2.04. The molecule has 5 heteroatoms. The van der Waals surface area contributed by atoms with Crippen LogP contribution < -0.4 is 10.1 Å². The number of hydrogen-bond donors (Lipinski definition) is 1. The summed E-state index contributed by atoms with van der Waals surface area (Å²) in [6, 6.07) is 9.92. The molecular formula is C26H36N2O3. The second-order valence-corrected chi connectivity index (χ2v) is 10.7. The van der Waals surface area contributed by atoms with Gasteiger partial charge in [0.2, 0.25) is 11.8 Å². The predicted octanol–water partition coefficient (Wildman–Crippen LogP) is 4.03. The first-order chi connectivity index (χ1) is 15.1. The van der Waals surface area contributed by atoms with E-state index in [9.17, 15) is 9.59 Å². The molecular weight excluding hydrogens is 388 g/mol. The standard InChI is InChI=1S/C26H36N2O3/c29-24(28-10-7-19(8-11-28)18-31-23-4-2-1-3-5-23)6-9-27-25(30)26-15-20-12-21(16-26)14-22(13-20)17-26/h1-5,19-22H,6-18H2,(H,27,30). The zero-order valence-electron chi connectivity index (χ0n) is 18.6. The molecule has 4 bridgehead atoms. The second kappa shape index (κ2) is 8.84. The van der Waals surface area contributed by atoms with Gasteiger partial charge in [-0.3, -0.25) is 9.59 Å². The molecule has 5 fully saturated rings. The lowest BCUT2D eigenvalue weighted by Crippen LogP contribution is -2.54. The third-order valence-electron chi connectivity index (χ3n) is 8.34. The highest BCUT2D eigenvalue weighted by Gasteiger charge is 2.54. The second-order valence-electron chi connectivity index (χ2n) is 10.7. The first kappa shape index (κ1) is 20.8. The number of benzene rings is 1. The highest BCUT2D eigenvalue weighted by molar-refractivity contribution is 5.84. The number of piperidine rings is 1. The van der Waals surface area contributed by atoms with Crippen LogP contribution in [0.15, 0.2) is 30.3 Å². The lowest BCUT2D eigenvalue weighted by atomic mass is 9.49. The molecule has 4 aliphatic carbocycles. The first-order valence-corrected chi connectivity index (χ1v) is 12.3. The van der Waals surface area contributed by atoms with Crippen LogP contribution in [-0.4, -0.2) is 43.0 Å². The van der Waals surface area contributed by atoms with Crippen LogP contribution in [0.4, 0.5) is 0 Å². The Kier molecular flexibility index (Phi) is 5.94. The number of para-hydroxylation sites is 1. The molecule has 0 spiro atoms. The van der Waals surface area contributed by atoms with Gasteiger partial charge in [-0.25, -0.2) is 0 Å². The highest BCUT2D eigenvalue weighted by Crippen LogP contribution is 2.60. The van der Waals surface area contributed by atoms with E-state index in [0.29, 0.717) is 25.5 Å². The van der Waals surface area contributed by atoms with Crippen molar-refractivity contribution in [3.05, 3.63) is 30.3 Å². The van der Waals surface area contributed by atoms with Crippen LogP contribution in [0.3, 0.4) is 0 Å². The molecule has 0 aromatic heterocycles. The average Bonchev–Trinajstić information content (AvgIpc) is 2.77. The lowest BCUT2D eigenvalue weighted by Gasteiger charge is -2.55. The smallest absolute Gasteiger partial charge is 0.226 e. The molecule has 0 atom stereocenters. The number of nitrogens with zero attached hydrogens (tertiary/aromatic N) is 1. The van der Waals surface area contributed by atoms with E-state index in [1.807, 2.05) is 35.2 Å². The monoisotopic (exact) mass is 424 g/mol. The van der Waals surface area contributed by atoms with Crippen LogP contribution in [0.1, 0.15) is 57.8 Å². The van der Waals surface area contributed by atoms with Gasteiger partial charge in [0.15, 0.2) is 0 Å². The summed E-state index contributed by atoms with van der Waals surface area (Å²) in [5.41, 5.74) is -0.116. The van der Waals surface area contributed by atoms with Crippen LogP contribution in [-0.2, 0) is 9.59 Å². The first-order valence-electron chi connectivity index (χ1n) is 12.3. The van der Waals surface area contributed by atoms with E-state index in [1.165, 1.54) is 19.3 Å². The maximum Gasteiger partial charge on any atom is 0.226 e. The molecule has 0 radical (unpaired) electrons. The van der Waals surface area contributed by atoms with Crippen LogP contribution >= 0.6 is 0 Å². The quantitative estimate of drug-likeness (QED) is 0.719. The molecule has 4 saturated carbocycles. The van der Waals surface area contributed by atoms with E-state index < -0.39 is 0 Å². The summed E-state index contributed by atoms with van der Waals surface area (Å²) in [4.78, 5) is 27.7. The van der Waals surface area contributed by atoms with E-state index >= 15 is 0 Å². The van der Waals surface area contributed by atoms with Gasteiger partial charge in [-0.1, -0.05) is 18.2 Å². The SMILES string of the molecule is O=C(CCNC(=O)C12CC3CC(CC(C3)C1)C2)N1CCC(COc2ccccc2)CC1. The predicted molar refractivity (Wildman–Crippen MR) is 119 cm³/mol. The van der Waals surface area contributed by atoms with Gasteiger partial charge < -0.3 is 15.0 Å². The lowest BCUT2D eigenvalue weighted by molar-refractivity contribution is -0.146. The van der Waals surface area contributed by atoms with Crippen LogP contribution in [0.2, 0.25) is 0 Å². The van der Waals surface area contributed by atoms with E-state index in [2.05, 4.69) is 5.32 Å². The summed E-state index contributed by atoms with van der Waals surface area (Å²) in [7, 11) is 0. The van der Waals surface area contributed by atoms with Crippen LogP contribution in [0.25, 0.3) is 0 Å². The van der Waals surface area contributed by atoms with E-state index in [4.69, 9.17) is 4.74 Å². The molecule has 5 aliphatic rings. The zero-order valence-corrected chi connectivity index (χ0v) is 18.6. The fraction of sp³-hybridized carbons (Fsp3) is 0.692. The molecule has 5 nitrogen and oxygen atoms in total. The summed E-state index contributed by atoms with van der Waals surface area (Å²) in [5, 5.41) is 3.15. The number of carbonyl (C=O) groups is 2. The third kappa shape index (κ3) is 4.61. The Morgan fingerprint density at radius 1 is 0.968 bits per heavy atom. The molecule has 0 unspecified atom stereocenters. The fourth-order valence-corrected chi connectivity index (χ4v) is 7.10. The number of ether oxygens (including phenoxy) is 1. The molecule has 31 heavy (non-hydrogen) atoms. The minimum absolute atomic E-state index is 0.116. The van der Waals surface area contributed by atoms with Gasteiger partial charge in [0.25, 0.3) is 0 Å². The van der Waals surface area contributed by atoms with Crippen molar-refractivity contribution in [2.24, 2.45) is 29.1 Å². The summed E-state index contributed by atoms with van der Waals surface area (Å²) in [6.07, 6.45) is 9.66. The summed E-state index contributed by atoms with van der Waals surface area (Å²) in [6.45, 7) is 2.79. The Morgan fingerprint density at radius 3 is 2.19 bits per heavy atom. The van der Waals surface area contributed by atoms with E-state index in [1.54, 1.807) is 0 Å². The van der Waals surface area contributed by atoms with Gasteiger partial charge >= 0.3 is 0 Å². The Morgan fingerprint density at radius 2 is 1.58 bits per heavy atom. The summed E-state index contributed by atoms with van der Waals surface area (Å²) >= 11 is 0. The zero-order chi connectivity index (χ0) is 21.3. The highest BCUT2D eigenvalue weighted by atomic mass is 16.5. The Bertz CT molecular complexity index is 750. The fourth-order valence-electron chi connectivity index (χ4n) is 7.10. The van der Waals surface area contributed by atoms with Gasteiger partial charge in [0.05, 0.1) is 6.61 Å². The third-order valence-corrected chi connectivity index (χ3v) is 8.34. The Labute approximate surface area is 185 Å². The van der Waals surface area contributed by atoms with Gasteiger partial charge in [-0.2, -0.15) is 0 Å². The van der Waals surface area contributed by atoms with Crippen molar-refractivity contribution in [3.63, 3.8) is 0 Å². The van der Waals surface area contributed by atoms with Gasteiger partial charge in [0, 0.05) is 31.5 Å². The topological polar surface area (TPSA) is 58.6 Å². The average molecular weight is 425 g/mol. The number of likely N-dealkylation sites (tertiary alicyclic amines) is 1. The van der Waals surface area contributed by atoms with Gasteiger partial charge in [-0.15, -0.1) is 0 Å². The van der Waals surface area contributed by atoms with Gasteiger partial charge in [-0.05, 0) is 87.2 Å². The number of rotatable bonds is 7. The number of nitrogens with one attached hydrogen (secondary N) is 1. The largest absolute Gasteiger partial charge is 0.493 e. The molecule has 1 aliphatic heterocycles. The van der Waals surface area contributed by atoms with Crippen molar-refractivity contribution in [2.75, 3.05) is 26.2 Å². The minimum atomic E-state index is -0.116. The molecule has 1 saturated heterocycles. The van der Waals surface area contributed by atoms with Crippen molar-refractivity contribution in [2.45, 2.75) is 57.8 Å². The van der Waals surface area contributed by atoms with Crippen molar-refractivity contribution < 1.29 is 14.3 Å². The summed E-state index contributed by atoms with van der Waals surface area (Å²) in [5.74, 6) is 4.13. The van der Waals surface area contributed by atoms with Crippen molar-refractivity contribution >= 4 is 11.8 Å². The number of amides is 2. The normalized spacial score (nSPS) is 32.1. The van der Waals surface area contributed by atoms with Gasteiger partial charge in [0.1, 0.15) is 5.75 Å². The van der Waals surface area contributed by atoms with Crippen molar-refractivity contribution in [1.82, 2.24) is 10.2 Å². The van der Waals surface area contributed by atoms with Crippen LogP contribution in [0.5, 0.6) is 5.75 Å². The Balaban J connectivity index is 1.02. The number of carbonyl (C=O) groups excluding carboxylic acids is 2. The maximum absolute atomic E-state index is 13.0. The van der Waals surface area contributed by atoms with E-state index in [-0.39, 0.29) is 17.2 Å². The number of hydrogen-bond acceptors (Lipinski definition) is 3. The summed E-state index contributed by atoms with van der Waals surface area (Å²) < 4.78 is 5.88. The molecule has 6 rings (SSSR count). The molecule has 2 amide bonds. The molecule has 1 N–H and O–H groups in total. The molecule has 1 heterocycles. The van der Waals surface area contributed by atoms with Crippen molar-refractivity contribution in [3.8, 4) is 5.75 Å². The molecule has 1 aromatic rings. The van der Waals surface area contributed by atoms with E-state index in [0.717, 1.165) is 68.7 Å².